The molecule has 1 heteroatoms. The SMILES string of the molecule is CCC(C)C(CNCC(C)C)CC(C)C. The lowest BCUT2D eigenvalue weighted by Gasteiger charge is -2.25. The molecule has 0 saturated carbocycles. The van der Waals surface area contributed by atoms with Gasteiger partial charge in [-0.05, 0) is 43.2 Å². The van der Waals surface area contributed by atoms with Gasteiger partial charge in [-0.25, -0.2) is 0 Å². The fourth-order valence-electron chi connectivity index (χ4n) is 2.01. The third-order valence-corrected chi connectivity index (χ3v) is 3.18. The van der Waals surface area contributed by atoms with Crippen LogP contribution in [0.3, 0.4) is 0 Å². The highest BCUT2D eigenvalue weighted by atomic mass is 14.9. The van der Waals surface area contributed by atoms with Crippen LogP contribution in [-0.2, 0) is 0 Å². The van der Waals surface area contributed by atoms with Crippen molar-refractivity contribution in [1.29, 1.82) is 0 Å². The molecule has 2 unspecified atom stereocenters. The Kier molecular flexibility index (Phi) is 8.13. The van der Waals surface area contributed by atoms with Crippen molar-refractivity contribution in [3.05, 3.63) is 0 Å². The Bertz CT molecular complexity index is 140. The van der Waals surface area contributed by atoms with Crippen molar-refractivity contribution >= 4 is 0 Å². The molecule has 1 N–H and O–H groups in total. The molecule has 0 aromatic rings. The van der Waals surface area contributed by atoms with Crippen LogP contribution in [0.2, 0.25) is 0 Å². The Morgan fingerprint density at radius 1 is 0.867 bits per heavy atom. The summed E-state index contributed by atoms with van der Waals surface area (Å²) in [7, 11) is 0. The molecule has 0 radical (unpaired) electrons. The van der Waals surface area contributed by atoms with Crippen molar-refractivity contribution in [2.45, 2.75) is 54.4 Å². The highest BCUT2D eigenvalue weighted by molar-refractivity contribution is 4.70. The molecule has 15 heavy (non-hydrogen) atoms. The number of rotatable bonds is 8. The summed E-state index contributed by atoms with van der Waals surface area (Å²) in [6.45, 7) is 16.3. The summed E-state index contributed by atoms with van der Waals surface area (Å²) in [6.07, 6.45) is 2.67. The second-order valence-corrected chi connectivity index (χ2v) is 5.83. The van der Waals surface area contributed by atoms with Gasteiger partial charge in [-0.2, -0.15) is 0 Å². The second-order valence-electron chi connectivity index (χ2n) is 5.83. The van der Waals surface area contributed by atoms with Crippen LogP contribution >= 0.6 is 0 Å². The molecule has 0 aromatic carbocycles. The van der Waals surface area contributed by atoms with E-state index in [1.54, 1.807) is 0 Å². The third kappa shape index (κ3) is 7.84. The maximum Gasteiger partial charge on any atom is -0.00178 e. The summed E-state index contributed by atoms with van der Waals surface area (Å²) >= 11 is 0. The normalized spacial score (nSPS) is 16.0. The van der Waals surface area contributed by atoms with Crippen molar-refractivity contribution in [3.63, 3.8) is 0 Å². The Labute approximate surface area is 97.0 Å². The fraction of sp³-hybridized carbons (Fsp3) is 1.00. The Morgan fingerprint density at radius 3 is 1.87 bits per heavy atom. The van der Waals surface area contributed by atoms with Gasteiger partial charge in [0, 0.05) is 0 Å². The fourth-order valence-corrected chi connectivity index (χ4v) is 2.01. The van der Waals surface area contributed by atoms with E-state index >= 15 is 0 Å². The minimum atomic E-state index is 0.765. The summed E-state index contributed by atoms with van der Waals surface area (Å²) in [5.41, 5.74) is 0. The molecule has 0 fully saturated rings. The lowest BCUT2D eigenvalue weighted by atomic mass is 9.85. The van der Waals surface area contributed by atoms with Crippen LogP contribution in [0.15, 0.2) is 0 Å². The van der Waals surface area contributed by atoms with Crippen LogP contribution in [0.5, 0.6) is 0 Å². The highest BCUT2D eigenvalue weighted by Crippen LogP contribution is 2.22. The molecular formula is C14H31N. The van der Waals surface area contributed by atoms with Gasteiger partial charge in [0.2, 0.25) is 0 Å². The number of hydrogen-bond acceptors (Lipinski definition) is 1. The number of nitrogens with one attached hydrogen (secondary N) is 1. The zero-order valence-corrected chi connectivity index (χ0v) is 11.6. The molecule has 0 aliphatic carbocycles. The Morgan fingerprint density at radius 2 is 1.47 bits per heavy atom. The molecule has 0 spiro atoms. The van der Waals surface area contributed by atoms with Gasteiger partial charge >= 0.3 is 0 Å². The average Bonchev–Trinajstić information content (AvgIpc) is 2.14. The van der Waals surface area contributed by atoms with E-state index in [-0.39, 0.29) is 0 Å². The van der Waals surface area contributed by atoms with Crippen molar-refractivity contribution in [3.8, 4) is 0 Å². The highest BCUT2D eigenvalue weighted by Gasteiger charge is 2.16. The Balaban J connectivity index is 3.90. The van der Waals surface area contributed by atoms with Crippen molar-refractivity contribution in [2.75, 3.05) is 13.1 Å². The maximum absolute atomic E-state index is 3.61. The van der Waals surface area contributed by atoms with Gasteiger partial charge in [-0.3, -0.25) is 0 Å². The van der Waals surface area contributed by atoms with E-state index in [0.29, 0.717) is 0 Å². The first-order chi connectivity index (χ1) is 6.97. The molecule has 1 nitrogen and oxygen atoms in total. The van der Waals surface area contributed by atoms with E-state index in [9.17, 15) is 0 Å². The molecule has 0 bridgehead atoms. The summed E-state index contributed by atoms with van der Waals surface area (Å²) < 4.78 is 0. The number of hydrogen-bond donors (Lipinski definition) is 1. The van der Waals surface area contributed by atoms with Crippen LogP contribution in [-0.4, -0.2) is 13.1 Å². The van der Waals surface area contributed by atoms with Crippen LogP contribution < -0.4 is 5.32 Å². The molecule has 2 atom stereocenters. The lowest BCUT2D eigenvalue weighted by Crippen LogP contribution is -2.30. The third-order valence-electron chi connectivity index (χ3n) is 3.18. The van der Waals surface area contributed by atoms with E-state index in [1.807, 2.05) is 0 Å². The molecule has 0 heterocycles. The van der Waals surface area contributed by atoms with E-state index in [0.717, 1.165) is 30.2 Å². The molecule has 0 amide bonds. The second kappa shape index (κ2) is 8.15. The maximum atomic E-state index is 3.61. The standard InChI is InChI=1S/C14H31N/c1-7-13(6)14(8-11(2)3)10-15-9-12(4)5/h11-15H,7-10H2,1-6H3. The van der Waals surface area contributed by atoms with E-state index < -0.39 is 0 Å². The first kappa shape index (κ1) is 15.0. The molecule has 0 aromatic heterocycles. The Hall–Kier alpha value is -0.0400. The first-order valence-electron chi connectivity index (χ1n) is 6.68. The minimum absolute atomic E-state index is 0.765. The van der Waals surface area contributed by atoms with Gasteiger partial charge in [0.25, 0.3) is 0 Å². The van der Waals surface area contributed by atoms with Crippen molar-refractivity contribution in [1.82, 2.24) is 5.32 Å². The summed E-state index contributed by atoms with van der Waals surface area (Å²) in [4.78, 5) is 0. The van der Waals surface area contributed by atoms with Gasteiger partial charge in [0.1, 0.15) is 0 Å². The monoisotopic (exact) mass is 213 g/mol. The zero-order chi connectivity index (χ0) is 11.8. The van der Waals surface area contributed by atoms with Crippen LogP contribution in [0.25, 0.3) is 0 Å². The van der Waals surface area contributed by atoms with Crippen LogP contribution in [0.4, 0.5) is 0 Å². The summed E-state index contributed by atoms with van der Waals surface area (Å²) in [6, 6.07) is 0. The van der Waals surface area contributed by atoms with Gasteiger partial charge in [-0.15, -0.1) is 0 Å². The largest absolute Gasteiger partial charge is 0.316 e. The average molecular weight is 213 g/mol. The van der Waals surface area contributed by atoms with Crippen molar-refractivity contribution in [2.24, 2.45) is 23.7 Å². The molecule has 92 valence electrons. The van der Waals surface area contributed by atoms with Crippen molar-refractivity contribution < 1.29 is 0 Å². The smallest absolute Gasteiger partial charge is 0.00178 e. The molecule has 0 aliphatic rings. The quantitative estimate of drug-likeness (QED) is 0.644. The van der Waals surface area contributed by atoms with Gasteiger partial charge in [0.15, 0.2) is 0 Å². The van der Waals surface area contributed by atoms with E-state index in [2.05, 4.69) is 46.9 Å². The molecule has 0 saturated heterocycles. The first-order valence-corrected chi connectivity index (χ1v) is 6.68. The summed E-state index contributed by atoms with van der Waals surface area (Å²) in [5, 5.41) is 3.61. The van der Waals surface area contributed by atoms with E-state index in [1.165, 1.54) is 19.4 Å². The van der Waals surface area contributed by atoms with E-state index in [4.69, 9.17) is 0 Å². The zero-order valence-electron chi connectivity index (χ0n) is 11.6. The topological polar surface area (TPSA) is 12.0 Å². The van der Waals surface area contributed by atoms with Crippen LogP contribution in [0, 0.1) is 23.7 Å². The lowest BCUT2D eigenvalue weighted by molar-refractivity contribution is 0.277. The van der Waals surface area contributed by atoms with Gasteiger partial charge in [-0.1, -0.05) is 48.0 Å². The predicted octanol–water partition coefficient (Wildman–Crippen LogP) is 3.94. The molecular weight excluding hydrogens is 182 g/mol. The molecule has 0 rings (SSSR count). The molecule has 0 aliphatic heterocycles. The van der Waals surface area contributed by atoms with Crippen LogP contribution in [0.1, 0.15) is 54.4 Å². The van der Waals surface area contributed by atoms with Gasteiger partial charge in [0.05, 0.1) is 0 Å². The minimum Gasteiger partial charge on any atom is -0.316 e. The predicted molar refractivity (Wildman–Crippen MR) is 70.1 cm³/mol. The summed E-state index contributed by atoms with van der Waals surface area (Å²) in [5.74, 6) is 3.30. The van der Waals surface area contributed by atoms with Gasteiger partial charge < -0.3 is 5.32 Å².